The molecule has 0 radical (unpaired) electrons. The van der Waals surface area contributed by atoms with Crippen molar-refractivity contribution in [2.45, 2.75) is 19.4 Å². The summed E-state index contributed by atoms with van der Waals surface area (Å²) in [5, 5.41) is 26.7. The molecule has 0 aliphatic carbocycles. The normalized spacial score (nSPS) is 11.5. The van der Waals surface area contributed by atoms with E-state index in [1.54, 1.807) is 30.3 Å². The topological polar surface area (TPSA) is 161 Å². The molecular weight excluding hydrogens is 402 g/mol. The van der Waals surface area contributed by atoms with E-state index < -0.39 is 4.92 Å². The number of aromatic nitrogens is 3. The second kappa shape index (κ2) is 9.57. The Balaban J connectivity index is 1.62. The van der Waals surface area contributed by atoms with E-state index in [0.29, 0.717) is 24.7 Å². The molecule has 3 aromatic rings. The number of nitrogens with two attached hydrogens (primary N) is 1. The number of hydrogen-bond acceptors (Lipinski definition) is 10. The molecular formula is C20H23N7O4. The van der Waals surface area contributed by atoms with Crippen molar-refractivity contribution in [1.82, 2.24) is 15.0 Å². The lowest BCUT2D eigenvalue weighted by molar-refractivity contribution is -0.384. The van der Waals surface area contributed by atoms with Gasteiger partial charge in [0.25, 0.3) is 5.69 Å². The molecule has 31 heavy (non-hydrogen) atoms. The Morgan fingerprint density at radius 3 is 2.55 bits per heavy atom. The number of nitrogen functional groups attached to an aromatic ring is 1. The molecule has 1 aromatic heterocycles. The first-order valence-corrected chi connectivity index (χ1v) is 9.48. The van der Waals surface area contributed by atoms with E-state index in [2.05, 4.69) is 25.6 Å². The van der Waals surface area contributed by atoms with E-state index in [-0.39, 0.29) is 29.4 Å². The number of nitro groups is 1. The molecule has 0 unspecified atom stereocenters. The number of ether oxygens (including phenoxy) is 1. The van der Waals surface area contributed by atoms with Crippen molar-refractivity contribution in [3.8, 4) is 11.5 Å². The van der Waals surface area contributed by atoms with Gasteiger partial charge in [-0.05, 0) is 36.6 Å². The quantitative estimate of drug-likeness (QED) is 0.296. The molecule has 11 heteroatoms. The third-order valence-corrected chi connectivity index (χ3v) is 4.54. The fourth-order valence-corrected chi connectivity index (χ4v) is 2.89. The summed E-state index contributed by atoms with van der Waals surface area (Å²) in [5.41, 5.74) is 7.63. The molecule has 2 aromatic carbocycles. The number of benzene rings is 2. The molecule has 162 valence electrons. The standard InChI is InChI=1S/C20H23N7O4/c1-12(14-4-6-15(7-5-14)27(29)30)23-20-25-18(21)24-19(26-20)22-10-9-13-3-8-16(28)17(11-13)31-2/h3-8,11-12,28H,9-10H2,1-2H3,(H4,21,22,23,24,25,26)/t12-/m0/s1. The van der Waals surface area contributed by atoms with E-state index in [1.165, 1.54) is 19.2 Å². The molecule has 0 aliphatic heterocycles. The number of methoxy groups -OCH3 is 1. The van der Waals surface area contributed by atoms with Gasteiger partial charge in [0.1, 0.15) is 0 Å². The lowest BCUT2D eigenvalue weighted by Gasteiger charge is -2.15. The van der Waals surface area contributed by atoms with Crippen molar-refractivity contribution in [3.63, 3.8) is 0 Å². The molecule has 0 fully saturated rings. The summed E-state index contributed by atoms with van der Waals surface area (Å²) in [6, 6.07) is 11.2. The number of phenols is 1. The van der Waals surface area contributed by atoms with Crippen molar-refractivity contribution < 1.29 is 14.8 Å². The molecule has 0 spiro atoms. The summed E-state index contributed by atoms with van der Waals surface area (Å²) >= 11 is 0. The highest BCUT2D eigenvalue weighted by molar-refractivity contribution is 5.44. The van der Waals surface area contributed by atoms with Crippen LogP contribution in [0.15, 0.2) is 42.5 Å². The Morgan fingerprint density at radius 2 is 1.87 bits per heavy atom. The van der Waals surface area contributed by atoms with E-state index in [0.717, 1.165) is 11.1 Å². The van der Waals surface area contributed by atoms with Gasteiger partial charge in [-0.3, -0.25) is 10.1 Å². The smallest absolute Gasteiger partial charge is 0.269 e. The minimum atomic E-state index is -0.444. The van der Waals surface area contributed by atoms with Gasteiger partial charge in [-0.25, -0.2) is 0 Å². The summed E-state index contributed by atoms with van der Waals surface area (Å²) in [5.74, 6) is 1.15. The van der Waals surface area contributed by atoms with Gasteiger partial charge in [-0.2, -0.15) is 15.0 Å². The number of non-ortho nitro benzene ring substituents is 1. The maximum Gasteiger partial charge on any atom is 0.269 e. The highest BCUT2D eigenvalue weighted by atomic mass is 16.6. The van der Waals surface area contributed by atoms with Gasteiger partial charge in [-0.1, -0.05) is 18.2 Å². The molecule has 1 heterocycles. The zero-order valence-electron chi connectivity index (χ0n) is 17.1. The fraction of sp³-hybridized carbons (Fsp3) is 0.250. The van der Waals surface area contributed by atoms with Gasteiger partial charge in [0.2, 0.25) is 17.8 Å². The Morgan fingerprint density at radius 1 is 1.16 bits per heavy atom. The molecule has 0 saturated carbocycles. The Hall–Kier alpha value is -4.15. The number of anilines is 3. The van der Waals surface area contributed by atoms with Crippen LogP contribution in [0.3, 0.4) is 0 Å². The third kappa shape index (κ3) is 5.69. The van der Waals surface area contributed by atoms with Crippen LogP contribution in [0.2, 0.25) is 0 Å². The van der Waals surface area contributed by atoms with E-state index in [1.807, 2.05) is 6.92 Å². The van der Waals surface area contributed by atoms with Crippen molar-refractivity contribution in [2.75, 3.05) is 30.0 Å². The number of nitro benzene ring substituents is 1. The van der Waals surface area contributed by atoms with Crippen LogP contribution in [-0.2, 0) is 6.42 Å². The molecule has 0 aliphatic rings. The Bertz CT molecular complexity index is 1060. The fourth-order valence-electron chi connectivity index (χ4n) is 2.89. The van der Waals surface area contributed by atoms with Crippen LogP contribution in [0.25, 0.3) is 0 Å². The van der Waals surface area contributed by atoms with Gasteiger partial charge in [0.15, 0.2) is 11.5 Å². The zero-order chi connectivity index (χ0) is 22.4. The summed E-state index contributed by atoms with van der Waals surface area (Å²) < 4.78 is 5.11. The van der Waals surface area contributed by atoms with Gasteiger partial charge in [0, 0.05) is 18.7 Å². The summed E-state index contributed by atoms with van der Waals surface area (Å²) in [6.45, 7) is 2.40. The van der Waals surface area contributed by atoms with Crippen LogP contribution >= 0.6 is 0 Å². The molecule has 0 bridgehead atoms. The molecule has 1 atom stereocenters. The number of nitrogens with one attached hydrogen (secondary N) is 2. The number of phenolic OH excluding ortho intramolecular Hbond substituents is 1. The highest BCUT2D eigenvalue weighted by Gasteiger charge is 2.12. The van der Waals surface area contributed by atoms with Crippen LogP contribution in [0.4, 0.5) is 23.5 Å². The second-order valence-corrected chi connectivity index (χ2v) is 6.74. The monoisotopic (exact) mass is 425 g/mol. The van der Waals surface area contributed by atoms with Gasteiger partial charge in [-0.15, -0.1) is 0 Å². The number of aromatic hydroxyl groups is 1. The van der Waals surface area contributed by atoms with Crippen LogP contribution in [0.1, 0.15) is 24.1 Å². The van der Waals surface area contributed by atoms with Gasteiger partial charge < -0.3 is 26.2 Å². The summed E-state index contributed by atoms with van der Waals surface area (Å²) in [4.78, 5) is 22.9. The average Bonchev–Trinajstić information content (AvgIpc) is 2.74. The molecule has 11 nitrogen and oxygen atoms in total. The Labute approximate surface area is 178 Å². The maximum absolute atomic E-state index is 10.8. The first-order valence-electron chi connectivity index (χ1n) is 9.48. The SMILES string of the molecule is COc1cc(CCNc2nc(N)nc(N[C@@H](C)c3ccc([N+](=O)[O-])cc3)n2)ccc1O. The van der Waals surface area contributed by atoms with Crippen LogP contribution in [-0.4, -0.2) is 38.6 Å². The van der Waals surface area contributed by atoms with Gasteiger partial charge >= 0.3 is 0 Å². The lowest BCUT2D eigenvalue weighted by atomic mass is 10.1. The summed E-state index contributed by atoms with van der Waals surface area (Å²) in [7, 11) is 1.50. The lowest BCUT2D eigenvalue weighted by Crippen LogP contribution is -2.14. The van der Waals surface area contributed by atoms with Crippen molar-refractivity contribution in [3.05, 3.63) is 63.7 Å². The second-order valence-electron chi connectivity index (χ2n) is 6.74. The largest absolute Gasteiger partial charge is 0.504 e. The van der Waals surface area contributed by atoms with E-state index in [4.69, 9.17) is 10.5 Å². The van der Waals surface area contributed by atoms with Crippen LogP contribution < -0.4 is 21.1 Å². The van der Waals surface area contributed by atoms with E-state index in [9.17, 15) is 15.2 Å². The first kappa shape index (κ1) is 21.6. The summed E-state index contributed by atoms with van der Waals surface area (Å²) in [6.07, 6.45) is 0.643. The predicted molar refractivity (Wildman–Crippen MR) is 116 cm³/mol. The van der Waals surface area contributed by atoms with Crippen molar-refractivity contribution in [2.24, 2.45) is 0 Å². The zero-order valence-corrected chi connectivity index (χ0v) is 17.1. The van der Waals surface area contributed by atoms with Crippen LogP contribution in [0, 0.1) is 10.1 Å². The molecule has 0 saturated heterocycles. The number of nitrogens with zero attached hydrogens (tertiary/aromatic N) is 4. The molecule has 5 N–H and O–H groups in total. The van der Waals surface area contributed by atoms with Crippen molar-refractivity contribution in [1.29, 1.82) is 0 Å². The molecule has 3 rings (SSSR count). The molecule has 0 amide bonds. The maximum atomic E-state index is 10.8. The van der Waals surface area contributed by atoms with Crippen molar-refractivity contribution >= 4 is 23.5 Å². The number of hydrogen-bond donors (Lipinski definition) is 4. The van der Waals surface area contributed by atoms with E-state index >= 15 is 0 Å². The minimum absolute atomic E-state index is 0.0260. The number of rotatable bonds is 9. The average molecular weight is 425 g/mol. The first-order chi connectivity index (χ1) is 14.9. The minimum Gasteiger partial charge on any atom is -0.504 e. The van der Waals surface area contributed by atoms with Gasteiger partial charge in [0.05, 0.1) is 18.1 Å². The third-order valence-electron chi connectivity index (χ3n) is 4.54. The van der Waals surface area contributed by atoms with Crippen LogP contribution in [0.5, 0.6) is 11.5 Å². The predicted octanol–water partition coefficient (Wildman–Crippen LogP) is 2.90. The highest BCUT2D eigenvalue weighted by Crippen LogP contribution is 2.26. The Kier molecular flexibility index (Phi) is 6.65.